The van der Waals surface area contributed by atoms with Crippen LogP contribution in [0, 0.1) is 0 Å². The summed E-state index contributed by atoms with van der Waals surface area (Å²) in [5, 5.41) is 0.635. The second-order valence-electron chi connectivity index (χ2n) is 4.30. The number of hydrogen-bond donors (Lipinski definition) is 0. The molecule has 0 N–H and O–H groups in total. The van der Waals surface area contributed by atoms with E-state index >= 15 is 0 Å². The molecule has 2 heteroatoms. The van der Waals surface area contributed by atoms with Gasteiger partial charge in [-0.05, 0) is 47.9 Å². The third kappa shape index (κ3) is 3.80. The Morgan fingerprint density at radius 3 is 2.26 bits per heavy atom. The van der Waals surface area contributed by atoms with E-state index in [1.165, 1.54) is 5.56 Å². The van der Waals surface area contributed by atoms with Crippen LogP contribution in [0.2, 0.25) is 5.02 Å². The van der Waals surface area contributed by atoms with Crippen LogP contribution in [-0.4, -0.2) is 5.78 Å². The summed E-state index contributed by atoms with van der Waals surface area (Å²) in [6.45, 7) is 2.12. The Kier molecular flexibility index (Phi) is 4.53. The van der Waals surface area contributed by atoms with Crippen LogP contribution in [0.5, 0.6) is 0 Å². The average molecular weight is 271 g/mol. The normalized spacial score (nSPS) is 10.8. The molecule has 0 aliphatic rings. The van der Waals surface area contributed by atoms with Crippen LogP contribution >= 0.6 is 11.6 Å². The Balaban J connectivity index is 2.08. The summed E-state index contributed by atoms with van der Waals surface area (Å²) in [5.74, 6) is -0.0174. The maximum atomic E-state index is 11.9. The van der Waals surface area contributed by atoms with Gasteiger partial charge in [-0.15, -0.1) is 0 Å². The van der Waals surface area contributed by atoms with E-state index in [-0.39, 0.29) is 5.78 Å². The van der Waals surface area contributed by atoms with Crippen LogP contribution in [0.25, 0.3) is 6.08 Å². The number of halogens is 1. The third-order valence-corrected chi connectivity index (χ3v) is 3.20. The van der Waals surface area contributed by atoms with Crippen molar-refractivity contribution in [3.8, 4) is 0 Å². The molecule has 0 aliphatic heterocycles. The highest BCUT2D eigenvalue weighted by atomic mass is 35.5. The number of carbonyl (C=O) groups is 1. The van der Waals surface area contributed by atoms with Gasteiger partial charge in [0.15, 0.2) is 5.78 Å². The van der Waals surface area contributed by atoms with Crippen LogP contribution in [0.4, 0.5) is 0 Å². The van der Waals surface area contributed by atoms with E-state index in [0.717, 1.165) is 12.0 Å². The first-order chi connectivity index (χ1) is 9.19. The van der Waals surface area contributed by atoms with Crippen molar-refractivity contribution in [3.05, 3.63) is 76.3 Å². The number of allylic oxidation sites excluding steroid dienone is 1. The zero-order chi connectivity index (χ0) is 13.7. The van der Waals surface area contributed by atoms with E-state index in [2.05, 4.69) is 19.1 Å². The smallest absolute Gasteiger partial charge is 0.185 e. The van der Waals surface area contributed by atoms with Gasteiger partial charge >= 0.3 is 0 Å². The number of hydrogen-bond acceptors (Lipinski definition) is 1. The van der Waals surface area contributed by atoms with Crippen LogP contribution in [0.3, 0.4) is 0 Å². The molecular formula is C17H15ClO. The standard InChI is InChI=1S/C17H15ClO/c1-2-13-3-5-14(6-4-13)7-12-17(19)15-8-10-16(18)11-9-15/h3-12H,2H2,1H3/b12-7+. The van der Waals surface area contributed by atoms with Gasteiger partial charge in [0.05, 0.1) is 0 Å². The SMILES string of the molecule is CCc1ccc(/C=C/C(=O)c2ccc(Cl)cc2)cc1. The summed E-state index contributed by atoms with van der Waals surface area (Å²) in [6.07, 6.45) is 4.44. The fourth-order valence-electron chi connectivity index (χ4n) is 1.75. The highest BCUT2D eigenvalue weighted by Gasteiger charge is 2.00. The van der Waals surface area contributed by atoms with Crippen molar-refractivity contribution in [2.75, 3.05) is 0 Å². The molecule has 2 aromatic carbocycles. The number of aryl methyl sites for hydroxylation is 1. The number of carbonyl (C=O) groups excluding carboxylic acids is 1. The van der Waals surface area contributed by atoms with Crippen molar-refractivity contribution in [3.63, 3.8) is 0 Å². The van der Waals surface area contributed by atoms with Crippen LogP contribution < -0.4 is 0 Å². The van der Waals surface area contributed by atoms with Crippen LogP contribution in [0.1, 0.15) is 28.4 Å². The zero-order valence-electron chi connectivity index (χ0n) is 10.8. The van der Waals surface area contributed by atoms with E-state index in [1.54, 1.807) is 30.3 Å². The van der Waals surface area contributed by atoms with Crippen molar-refractivity contribution < 1.29 is 4.79 Å². The van der Waals surface area contributed by atoms with Gasteiger partial charge in [-0.2, -0.15) is 0 Å². The molecule has 96 valence electrons. The quantitative estimate of drug-likeness (QED) is 0.576. The molecule has 19 heavy (non-hydrogen) atoms. The fourth-order valence-corrected chi connectivity index (χ4v) is 1.87. The minimum Gasteiger partial charge on any atom is -0.289 e. The van der Waals surface area contributed by atoms with E-state index in [9.17, 15) is 4.79 Å². The molecule has 0 saturated heterocycles. The summed E-state index contributed by atoms with van der Waals surface area (Å²) in [4.78, 5) is 11.9. The number of ketones is 1. The van der Waals surface area contributed by atoms with Crippen LogP contribution in [-0.2, 0) is 6.42 Å². The molecule has 0 heterocycles. The molecule has 0 aromatic heterocycles. The molecule has 0 fully saturated rings. The molecule has 0 unspecified atom stereocenters. The van der Waals surface area contributed by atoms with Gasteiger partial charge in [-0.25, -0.2) is 0 Å². The lowest BCUT2D eigenvalue weighted by molar-refractivity contribution is 0.104. The predicted octanol–water partition coefficient (Wildman–Crippen LogP) is 4.80. The van der Waals surface area contributed by atoms with Gasteiger partial charge in [-0.3, -0.25) is 4.79 Å². The molecule has 0 radical (unpaired) electrons. The Labute approximate surface area is 118 Å². The molecule has 0 bridgehead atoms. The Hall–Kier alpha value is -1.86. The Morgan fingerprint density at radius 2 is 1.68 bits per heavy atom. The molecule has 0 aliphatic carbocycles. The van der Waals surface area contributed by atoms with Gasteiger partial charge in [-0.1, -0.05) is 48.9 Å². The fraction of sp³-hybridized carbons (Fsp3) is 0.118. The monoisotopic (exact) mass is 270 g/mol. The molecule has 0 spiro atoms. The van der Waals surface area contributed by atoms with Gasteiger partial charge < -0.3 is 0 Å². The van der Waals surface area contributed by atoms with Gasteiger partial charge in [0.25, 0.3) is 0 Å². The average Bonchev–Trinajstić information content (AvgIpc) is 2.46. The highest BCUT2D eigenvalue weighted by molar-refractivity contribution is 6.30. The lowest BCUT2D eigenvalue weighted by Gasteiger charge is -1.98. The van der Waals surface area contributed by atoms with Crippen molar-refractivity contribution in [2.45, 2.75) is 13.3 Å². The summed E-state index contributed by atoms with van der Waals surface area (Å²) >= 11 is 5.79. The topological polar surface area (TPSA) is 17.1 Å². The molecule has 2 rings (SSSR count). The van der Waals surface area contributed by atoms with Gasteiger partial charge in [0, 0.05) is 10.6 Å². The zero-order valence-corrected chi connectivity index (χ0v) is 11.5. The lowest BCUT2D eigenvalue weighted by atomic mass is 10.1. The van der Waals surface area contributed by atoms with E-state index in [4.69, 9.17) is 11.6 Å². The third-order valence-electron chi connectivity index (χ3n) is 2.94. The first-order valence-electron chi connectivity index (χ1n) is 6.26. The molecule has 2 aromatic rings. The van der Waals surface area contributed by atoms with E-state index in [0.29, 0.717) is 10.6 Å². The minimum atomic E-state index is -0.0174. The molecular weight excluding hydrogens is 256 g/mol. The Bertz CT molecular complexity index is 580. The summed E-state index contributed by atoms with van der Waals surface area (Å²) in [7, 11) is 0. The number of rotatable bonds is 4. The van der Waals surface area contributed by atoms with Gasteiger partial charge in [0.2, 0.25) is 0 Å². The number of benzene rings is 2. The van der Waals surface area contributed by atoms with Crippen molar-refractivity contribution in [1.29, 1.82) is 0 Å². The molecule has 0 amide bonds. The first-order valence-corrected chi connectivity index (χ1v) is 6.64. The Morgan fingerprint density at radius 1 is 1.05 bits per heavy atom. The van der Waals surface area contributed by atoms with Crippen molar-refractivity contribution in [1.82, 2.24) is 0 Å². The molecule has 0 saturated carbocycles. The predicted molar refractivity (Wildman–Crippen MR) is 80.6 cm³/mol. The maximum absolute atomic E-state index is 11.9. The minimum absolute atomic E-state index is 0.0174. The van der Waals surface area contributed by atoms with Gasteiger partial charge in [0.1, 0.15) is 0 Å². The summed E-state index contributed by atoms with van der Waals surface area (Å²) in [6, 6.07) is 15.1. The summed E-state index contributed by atoms with van der Waals surface area (Å²) in [5.41, 5.74) is 2.96. The second kappa shape index (κ2) is 6.35. The maximum Gasteiger partial charge on any atom is 0.185 e. The van der Waals surface area contributed by atoms with Crippen molar-refractivity contribution in [2.24, 2.45) is 0 Å². The second-order valence-corrected chi connectivity index (χ2v) is 4.74. The van der Waals surface area contributed by atoms with Crippen LogP contribution in [0.15, 0.2) is 54.6 Å². The largest absolute Gasteiger partial charge is 0.289 e. The molecule has 1 nitrogen and oxygen atoms in total. The van der Waals surface area contributed by atoms with E-state index in [1.807, 2.05) is 18.2 Å². The lowest BCUT2D eigenvalue weighted by Crippen LogP contribution is -1.93. The van der Waals surface area contributed by atoms with E-state index < -0.39 is 0 Å². The summed E-state index contributed by atoms with van der Waals surface area (Å²) < 4.78 is 0. The first kappa shape index (κ1) is 13.6. The highest BCUT2D eigenvalue weighted by Crippen LogP contribution is 2.12. The van der Waals surface area contributed by atoms with Crippen molar-refractivity contribution >= 4 is 23.5 Å². The molecule has 0 atom stereocenters.